The summed E-state index contributed by atoms with van der Waals surface area (Å²) in [6, 6.07) is 5.50. The van der Waals surface area contributed by atoms with Crippen molar-refractivity contribution >= 4 is 0 Å². The van der Waals surface area contributed by atoms with Gasteiger partial charge in [-0.3, -0.25) is 5.73 Å². The van der Waals surface area contributed by atoms with Crippen LogP contribution in [0.25, 0.3) is 0 Å². The quantitative estimate of drug-likeness (QED) is 0.682. The molecule has 0 spiro atoms. The van der Waals surface area contributed by atoms with Gasteiger partial charge in [-0.1, -0.05) is 6.07 Å². The molecular formula is C9H12NO2. The molecule has 0 saturated carbocycles. The second kappa shape index (κ2) is 3.97. The molecule has 0 saturated heterocycles. The number of methoxy groups -OCH3 is 2. The van der Waals surface area contributed by atoms with E-state index >= 15 is 0 Å². The van der Waals surface area contributed by atoms with E-state index < -0.39 is 0 Å². The van der Waals surface area contributed by atoms with Crippen LogP contribution in [0.2, 0.25) is 0 Å². The van der Waals surface area contributed by atoms with Crippen molar-refractivity contribution in [1.29, 1.82) is 0 Å². The second-order valence-electron chi connectivity index (χ2n) is 2.32. The van der Waals surface area contributed by atoms with Gasteiger partial charge in [0.1, 0.15) is 11.5 Å². The Labute approximate surface area is 72.1 Å². The largest absolute Gasteiger partial charge is 0.496 e. The molecule has 1 aromatic carbocycles. The Morgan fingerprint density at radius 2 is 1.67 bits per heavy atom. The zero-order valence-electron chi connectivity index (χ0n) is 7.26. The maximum absolute atomic E-state index is 7.27. The molecule has 1 N–H and O–H groups in total. The molecule has 0 heterocycles. The van der Waals surface area contributed by atoms with E-state index in [1.165, 1.54) is 0 Å². The Morgan fingerprint density at radius 1 is 1.17 bits per heavy atom. The highest BCUT2D eigenvalue weighted by Crippen LogP contribution is 2.27. The summed E-state index contributed by atoms with van der Waals surface area (Å²) in [5, 5.41) is 0. The van der Waals surface area contributed by atoms with Gasteiger partial charge in [0.2, 0.25) is 0 Å². The average molecular weight is 166 g/mol. The third-order valence-electron chi connectivity index (χ3n) is 1.71. The van der Waals surface area contributed by atoms with Crippen LogP contribution in [0.3, 0.4) is 0 Å². The minimum atomic E-state index is 0.174. The van der Waals surface area contributed by atoms with Crippen LogP contribution in [0.4, 0.5) is 0 Å². The number of rotatable bonds is 3. The van der Waals surface area contributed by atoms with E-state index in [9.17, 15) is 0 Å². The van der Waals surface area contributed by atoms with Gasteiger partial charge in [0, 0.05) is 6.54 Å². The van der Waals surface area contributed by atoms with Crippen molar-refractivity contribution in [2.45, 2.75) is 6.54 Å². The molecule has 0 bridgehead atoms. The first-order valence-electron chi connectivity index (χ1n) is 3.68. The molecule has 3 heteroatoms. The lowest BCUT2D eigenvalue weighted by atomic mass is 10.2. The zero-order chi connectivity index (χ0) is 8.97. The average Bonchev–Trinajstić information content (AvgIpc) is 2.16. The summed E-state index contributed by atoms with van der Waals surface area (Å²) in [5.74, 6) is 1.42. The monoisotopic (exact) mass is 166 g/mol. The van der Waals surface area contributed by atoms with Crippen molar-refractivity contribution in [2.75, 3.05) is 14.2 Å². The fourth-order valence-corrected chi connectivity index (χ4v) is 1.10. The Hall–Kier alpha value is -1.22. The maximum Gasteiger partial charge on any atom is 0.127 e. The van der Waals surface area contributed by atoms with Gasteiger partial charge in [-0.15, -0.1) is 0 Å². The van der Waals surface area contributed by atoms with E-state index in [0.717, 1.165) is 5.56 Å². The van der Waals surface area contributed by atoms with Gasteiger partial charge in [0.05, 0.1) is 19.8 Å². The van der Waals surface area contributed by atoms with Crippen LogP contribution in [-0.2, 0) is 6.54 Å². The molecule has 65 valence electrons. The number of benzene rings is 1. The van der Waals surface area contributed by atoms with Gasteiger partial charge in [0.15, 0.2) is 0 Å². The Morgan fingerprint density at radius 3 is 2.00 bits per heavy atom. The Bertz CT molecular complexity index is 238. The number of hydrogen-bond acceptors (Lipinski definition) is 2. The van der Waals surface area contributed by atoms with Crippen LogP contribution < -0.4 is 15.2 Å². The highest BCUT2D eigenvalue weighted by atomic mass is 16.5. The summed E-state index contributed by atoms with van der Waals surface area (Å²) in [5.41, 5.74) is 8.07. The predicted molar refractivity (Wildman–Crippen MR) is 46.3 cm³/mol. The standard InChI is InChI=1S/C9H12NO2/c1-11-8-4-3-5-9(12-2)7(8)6-10/h3-5,10H,6H2,1-2H3. The van der Waals surface area contributed by atoms with Gasteiger partial charge in [0.25, 0.3) is 0 Å². The molecule has 1 aromatic rings. The fraction of sp³-hybridized carbons (Fsp3) is 0.333. The Balaban J connectivity index is 3.13. The van der Waals surface area contributed by atoms with Crippen LogP contribution in [0.1, 0.15) is 5.56 Å². The maximum atomic E-state index is 7.27. The van der Waals surface area contributed by atoms with Crippen molar-refractivity contribution in [2.24, 2.45) is 0 Å². The lowest BCUT2D eigenvalue weighted by molar-refractivity contribution is 0.385. The summed E-state index contributed by atoms with van der Waals surface area (Å²) in [6.45, 7) is 0.174. The van der Waals surface area contributed by atoms with E-state index in [1.807, 2.05) is 18.2 Å². The molecule has 1 rings (SSSR count). The smallest absolute Gasteiger partial charge is 0.127 e. The van der Waals surface area contributed by atoms with E-state index in [-0.39, 0.29) is 6.54 Å². The van der Waals surface area contributed by atoms with Crippen LogP contribution in [0.15, 0.2) is 18.2 Å². The van der Waals surface area contributed by atoms with Crippen molar-refractivity contribution in [3.8, 4) is 11.5 Å². The van der Waals surface area contributed by atoms with Gasteiger partial charge in [-0.25, -0.2) is 0 Å². The molecule has 1 radical (unpaired) electrons. The molecule has 0 aliphatic heterocycles. The summed E-state index contributed by atoms with van der Waals surface area (Å²) in [7, 11) is 3.18. The highest BCUT2D eigenvalue weighted by molar-refractivity contribution is 5.44. The van der Waals surface area contributed by atoms with E-state index in [0.29, 0.717) is 11.5 Å². The van der Waals surface area contributed by atoms with Crippen molar-refractivity contribution in [1.82, 2.24) is 5.73 Å². The van der Waals surface area contributed by atoms with E-state index in [1.54, 1.807) is 14.2 Å². The molecule has 0 amide bonds. The summed E-state index contributed by atoms with van der Waals surface area (Å²) >= 11 is 0. The van der Waals surface area contributed by atoms with Crippen LogP contribution in [-0.4, -0.2) is 14.2 Å². The number of hydrogen-bond donors (Lipinski definition) is 0. The number of ether oxygens (including phenoxy) is 2. The minimum absolute atomic E-state index is 0.174. The van der Waals surface area contributed by atoms with Gasteiger partial charge >= 0.3 is 0 Å². The molecule has 12 heavy (non-hydrogen) atoms. The zero-order valence-corrected chi connectivity index (χ0v) is 7.26. The van der Waals surface area contributed by atoms with Crippen LogP contribution >= 0.6 is 0 Å². The molecule has 3 nitrogen and oxygen atoms in total. The first-order valence-corrected chi connectivity index (χ1v) is 3.68. The van der Waals surface area contributed by atoms with Crippen molar-refractivity contribution in [3.63, 3.8) is 0 Å². The van der Waals surface area contributed by atoms with Gasteiger partial charge < -0.3 is 9.47 Å². The lowest BCUT2D eigenvalue weighted by Crippen LogP contribution is -1.96. The van der Waals surface area contributed by atoms with Crippen molar-refractivity contribution in [3.05, 3.63) is 23.8 Å². The fourth-order valence-electron chi connectivity index (χ4n) is 1.10. The van der Waals surface area contributed by atoms with E-state index in [4.69, 9.17) is 15.2 Å². The first kappa shape index (κ1) is 8.87. The summed E-state index contributed by atoms with van der Waals surface area (Å²) in [6.07, 6.45) is 0. The predicted octanol–water partition coefficient (Wildman–Crippen LogP) is 1.49. The topological polar surface area (TPSA) is 42.3 Å². The number of nitrogens with one attached hydrogen (secondary N) is 1. The third-order valence-corrected chi connectivity index (χ3v) is 1.71. The first-order chi connectivity index (χ1) is 5.83. The minimum Gasteiger partial charge on any atom is -0.496 e. The molecule has 0 atom stereocenters. The molecular weight excluding hydrogens is 154 g/mol. The normalized spacial score (nSPS) is 9.58. The molecule has 0 aliphatic rings. The highest BCUT2D eigenvalue weighted by Gasteiger charge is 2.06. The molecule has 0 aromatic heterocycles. The van der Waals surface area contributed by atoms with Gasteiger partial charge in [-0.05, 0) is 12.1 Å². The molecule has 0 unspecified atom stereocenters. The lowest BCUT2D eigenvalue weighted by Gasteiger charge is -2.09. The summed E-state index contributed by atoms with van der Waals surface area (Å²) < 4.78 is 10.2. The molecule has 0 aliphatic carbocycles. The van der Waals surface area contributed by atoms with E-state index in [2.05, 4.69) is 0 Å². The molecule has 0 fully saturated rings. The SMILES string of the molecule is COc1cccc(OC)c1C[NH]. The van der Waals surface area contributed by atoms with Crippen LogP contribution in [0, 0.1) is 0 Å². The van der Waals surface area contributed by atoms with Crippen molar-refractivity contribution < 1.29 is 9.47 Å². The Kier molecular flexibility index (Phi) is 2.94. The van der Waals surface area contributed by atoms with Crippen LogP contribution in [0.5, 0.6) is 11.5 Å². The van der Waals surface area contributed by atoms with Gasteiger partial charge in [-0.2, -0.15) is 0 Å². The second-order valence-corrected chi connectivity index (χ2v) is 2.32. The third kappa shape index (κ3) is 1.51. The summed E-state index contributed by atoms with van der Waals surface area (Å²) in [4.78, 5) is 0.